The maximum absolute atomic E-state index is 5.01. The molecule has 36 valence electrons. The molecular formula is Cl4ILi. The summed E-state index contributed by atoms with van der Waals surface area (Å²) in [6, 6.07) is 0. The molecule has 0 rings (SSSR count). The van der Waals surface area contributed by atoms with E-state index in [0.717, 1.165) is 0 Å². The molecule has 0 saturated heterocycles. The number of rotatable bonds is 0. The molecule has 0 saturated carbocycles. The Morgan fingerprint density at radius 1 is 0.833 bits per heavy atom. The largest absolute Gasteiger partial charge is 1.00 e. The summed E-state index contributed by atoms with van der Waals surface area (Å²) < 4.78 is 0. The van der Waals surface area contributed by atoms with Gasteiger partial charge in [0, 0.05) is 0 Å². The van der Waals surface area contributed by atoms with E-state index in [1.54, 1.807) is 0 Å². The summed E-state index contributed by atoms with van der Waals surface area (Å²) in [5, 5.41) is 0. The van der Waals surface area contributed by atoms with Crippen LogP contribution in [0.3, 0.4) is 0 Å². The van der Waals surface area contributed by atoms with Gasteiger partial charge in [0.05, 0.1) is 0 Å². The molecule has 0 N–H and O–H groups in total. The van der Waals surface area contributed by atoms with E-state index in [1.165, 1.54) is 0 Å². The van der Waals surface area contributed by atoms with Crippen molar-refractivity contribution in [2.24, 2.45) is 0 Å². The molecule has 0 aromatic heterocycles. The zero-order valence-corrected chi connectivity index (χ0v) is 8.07. The average Bonchev–Trinajstić information content (AvgIpc) is 0.722. The van der Waals surface area contributed by atoms with Gasteiger partial charge in [-0.05, 0) is 0 Å². The summed E-state index contributed by atoms with van der Waals surface area (Å²) >= 11 is -3.05. The third-order valence-corrected chi connectivity index (χ3v) is 0. The Morgan fingerprint density at radius 2 is 0.833 bits per heavy atom. The van der Waals surface area contributed by atoms with Gasteiger partial charge in [-0.15, -0.1) is 0 Å². The molecule has 0 atom stereocenters. The van der Waals surface area contributed by atoms with Crippen LogP contribution in [0.2, 0.25) is 0 Å². The van der Waals surface area contributed by atoms with E-state index in [9.17, 15) is 0 Å². The van der Waals surface area contributed by atoms with Gasteiger partial charge in [0.1, 0.15) is 0 Å². The van der Waals surface area contributed by atoms with Crippen LogP contribution in [0.1, 0.15) is 0 Å². The minimum atomic E-state index is -3.05. The van der Waals surface area contributed by atoms with Crippen molar-refractivity contribution in [3.8, 4) is 0 Å². The van der Waals surface area contributed by atoms with Crippen LogP contribution in [0.4, 0.5) is 0 Å². The fourth-order valence-electron chi connectivity index (χ4n) is 0. The Morgan fingerprint density at radius 3 is 0.833 bits per heavy atom. The maximum atomic E-state index is 5.01. The van der Waals surface area contributed by atoms with Crippen LogP contribution in [-0.2, 0) is 0 Å². The Bertz CT molecular complexity index is 23.0. The van der Waals surface area contributed by atoms with Crippen LogP contribution < -0.4 is 32.8 Å². The summed E-state index contributed by atoms with van der Waals surface area (Å²) in [5.74, 6) is 0. The van der Waals surface area contributed by atoms with Crippen LogP contribution in [0.25, 0.3) is 0 Å². The molecule has 6 heteroatoms. The van der Waals surface area contributed by atoms with Gasteiger partial charge in [-0.25, -0.2) is 0 Å². The predicted molar refractivity (Wildman–Crippen MR) is 23.4 cm³/mol. The first-order valence-electron chi connectivity index (χ1n) is 0.571. The molecule has 0 aliphatic carbocycles. The molecular weight excluding hydrogens is 276 g/mol. The quantitative estimate of drug-likeness (QED) is 0.322. The fourth-order valence-corrected chi connectivity index (χ4v) is 0. The number of hydrogen-bond donors (Lipinski definition) is 0. The van der Waals surface area contributed by atoms with Crippen LogP contribution in [0.15, 0.2) is 0 Å². The monoisotopic (exact) mass is 274 g/mol. The minimum absolute atomic E-state index is 0. The first-order chi connectivity index (χ1) is 2.00. The topological polar surface area (TPSA) is 0 Å². The van der Waals surface area contributed by atoms with E-state index >= 15 is 0 Å². The van der Waals surface area contributed by atoms with Crippen molar-refractivity contribution in [1.29, 1.82) is 0 Å². The fraction of sp³-hybridized carbons (Fsp3) is 0. The second-order valence-corrected chi connectivity index (χ2v) is 19.6. The zero-order chi connectivity index (χ0) is 4.50. The molecule has 0 bridgehead atoms. The molecule has 0 aliphatic heterocycles. The van der Waals surface area contributed by atoms with Crippen LogP contribution in [-0.4, -0.2) is 0 Å². The zero-order valence-electron chi connectivity index (χ0n) is 2.89. The minimum Gasteiger partial charge on any atom is 1.00 e. The normalized spacial score (nSPS) is 12.7. The Hall–Kier alpha value is 2.49. The van der Waals surface area contributed by atoms with E-state index in [4.69, 9.17) is 35.6 Å². The molecule has 0 spiro atoms. The van der Waals surface area contributed by atoms with E-state index < -0.39 is 13.9 Å². The van der Waals surface area contributed by atoms with Gasteiger partial charge in [-0.3, -0.25) is 0 Å². The Labute approximate surface area is 67.4 Å². The number of halogens is 5. The third kappa shape index (κ3) is 31.6. The van der Waals surface area contributed by atoms with Crippen LogP contribution in [0, 0.1) is 0 Å². The molecule has 0 aromatic rings. The summed E-state index contributed by atoms with van der Waals surface area (Å²) in [6.45, 7) is 0. The first-order valence-corrected chi connectivity index (χ1v) is 11.5. The van der Waals surface area contributed by atoms with Crippen molar-refractivity contribution in [2.75, 3.05) is 0 Å². The van der Waals surface area contributed by atoms with Gasteiger partial charge < -0.3 is 0 Å². The Kier molecular flexibility index (Phi) is 8.24. The molecule has 6 heavy (non-hydrogen) atoms. The van der Waals surface area contributed by atoms with Crippen LogP contribution >= 0.6 is 35.6 Å². The van der Waals surface area contributed by atoms with Crippen LogP contribution in [0.5, 0.6) is 0 Å². The van der Waals surface area contributed by atoms with Crippen molar-refractivity contribution < 1.29 is 32.8 Å². The molecule has 0 aromatic carbocycles. The van der Waals surface area contributed by atoms with Gasteiger partial charge >= 0.3 is 68.4 Å². The van der Waals surface area contributed by atoms with Gasteiger partial charge in [0.15, 0.2) is 0 Å². The second-order valence-electron chi connectivity index (χ2n) is 0.324. The van der Waals surface area contributed by atoms with E-state index in [1.807, 2.05) is 0 Å². The molecule has 0 unspecified atom stereocenters. The summed E-state index contributed by atoms with van der Waals surface area (Å²) in [5.41, 5.74) is 0. The summed E-state index contributed by atoms with van der Waals surface area (Å²) in [7, 11) is 20.0. The smallest absolute Gasteiger partial charge is 1.00 e. The molecule has 0 aliphatic rings. The van der Waals surface area contributed by atoms with Crippen molar-refractivity contribution in [2.45, 2.75) is 0 Å². The molecule has 0 nitrogen and oxygen atoms in total. The average molecular weight is 276 g/mol. The predicted octanol–water partition coefficient (Wildman–Crippen LogP) is -3.23. The summed E-state index contributed by atoms with van der Waals surface area (Å²) in [4.78, 5) is 0. The van der Waals surface area contributed by atoms with Crippen molar-refractivity contribution in [1.82, 2.24) is 0 Å². The third-order valence-electron chi connectivity index (χ3n) is 0. The van der Waals surface area contributed by atoms with E-state index in [0.29, 0.717) is 0 Å². The van der Waals surface area contributed by atoms with Crippen molar-refractivity contribution >= 4 is 35.6 Å². The molecule has 0 radical (unpaired) electrons. The molecule has 0 fully saturated rings. The second kappa shape index (κ2) is 4.37. The molecule has 0 heterocycles. The molecule has 0 amide bonds. The van der Waals surface area contributed by atoms with Gasteiger partial charge in [-0.1, -0.05) is 0 Å². The van der Waals surface area contributed by atoms with Gasteiger partial charge in [0.25, 0.3) is 0 Å². The van der Waals surface area contributed by atoms with E-state index in [2.05, 4.69) is 0 Å². The van der Waals surface area contributed by atoms with Crippen molar-refractivity contribution in [3.05, 3.63) is 0 Å². The standard InChI is InChI=1S/Cl4I.Li/c1-5(2,3)4;/q-1;+1. The summed E-state index contributed by atoms with van der Waals surface area (Å²) in [6.07, 6.45) is 0. The van der Waals surface area contributed by atoms with Crippen molar-refractivity contribution in [3.63, 3.8) is 0 Å². The van der Waals surface area contributed by atoms with Gasteiger partial charge in [0.2, 0.25) is 0 Å². The Balaban J connectivity index is 0. The van der Waals surface area contributed by atoms with Gasteiger partial charge in [-0.2, -0.15) is 0 Å². The maximum Gasteiger partial charge on any atom is 1.00 e. The van der Waals surface area contributed by atoms with E-state index in [-0.39, 0.29) is 18.9 Å². The first kappa shape index (κ1) is 11.3. The SMILES string of the molecule is Cl[I-](Cl)(Cl)Cl.[Li+]. The number of hydrogen-bond acceptors (Lipinski definition) is 0.